The van der Waals surface area contributed by atoms with Crippen LogP contribution < -0.4 is 11.5 Å². The third-order valence-electron chi connectivity index (χ3n) is 3.32. The molecule has 118 valence electrons. The van der Waals surface area contributed by atoms with Crippen molar-refractivity contribution in [1.29, 1.82) is 0 Å². The predicted molar refractivity (Wildman–Crippen MR) is 88.3 cm³/mol. The summed E-state index contributed by atoms with van der Waals surface area (Å²) in [7, 11) is 0. The van der Waals surface area contributed by atoms with Crippen LogP contribution in [0.15, 0.2) is 42.5 Å². The molecule has 0 bridgehead atoms. The molecule has 0 saturated heterocycles. The van der Waals surface area contributed by atoms with Gasteiger partial charge < -0.3 is 16.2 Å². The second-order valence-corrected chi connectivity index (χ2v) is 5.10. The van der Waals surface area contributed by atoms with Gasteiger partial charge in [-0.2, -0.15) is 0 Å². The number of amides is 2. The van der Waals surface area contributed by atoms with E-state index in [2.05, 4.69) is 11.8 Å². The van der Waals surface area contributed by atoms with Gasteiger partial charge in [-0.05, 0) is 23.3 Å². The minimum Gasteiger partial charge on any atom is -0.446 e. The Hall–Kier alpha value is -3.00. The molecule has 0 aliphatic rings. The number of carbonyl (C=O) groups is 2. The highest BCUT2D eigenvalue weighted by atomic mass is 16.6. The second-order valence-electron chi connectivity index (χ2n) is 5.10. The summed E-state index contributed by atoms with van der Waals surface area (Å²) in [6, 6.07) is 13.9. The van der Waals surface area contributed by atoms with E-state index in [1.54, 1.807) is 0 Å². The summed E-state index contributed by atoms with van der Waals surface area (Å²) in [6.07, 6.45) is -0.734. The maximum absolute atomic E-state index is 10.9. The number of hydrogen-bond acceptors (Lipinski definition) is 3. The zero-order valence-electron chi connectivity index (χ0n) is 12.6. The van der Waals surface area contributed by atoms with E-state index in [0.29, 0.717) is 12.8 Å². The number of primary amides is 2. The molecule has 2 aromatic carbocycles. The van der Waals surface area contributed by atoms with Crippen LogP contribution in [0, 0.1) is 11.8 Å². The lowest BCUT2D eigenvalue weighted by molar-refractivity contribution is -0.119. The molecule has 1 unspecified atom stereocenters. The average molecular weight is 310 g/mol. The number of rotatable bonds is 5. The quantitative estimate of drug-likeness (QED) is 0.829. The van der Waals surface area contributed by atoms with E-state index in [4.69, 9.17) is 16.2 Å². The molecule has 0 aliphatic carbocycles. The Kier molecular flexibility index (Phi) is 5.59. The van der Waals surface area contributed by atoms with E-state index in [0.717, 1.165) is 16.3 Å². The average Bonchev–Trinajstić information content (AvgIpc) is 2.50. The molecule has 0 aromatic heterocycles. The lowest BCUT2D eigenvalue weighted by Gasteiger charge is -2.13. The van der Waals surface area contributed by atoms with Gasteiger partial charge in [0.2, 0.25) is 5.91 Å². The first-order chi connectivity index (χ1) is 11.1. The maximum Gasteiger partial charge on any atom is 0.404 e. The smallest absolute Gasteiger partial charge is 0.404 e. The van der Waals surface area contributed by atoms with Crippen molar-refractivity contribution < 1.29 is 14.3 Å². The molecule has 0 fully saturated rings. The van der Waals surface area contributed by atoms with Crippen molar-refractivity contribution in [3.63, 3.8) is 0 Å². The van der Waals surface area contributed by atoms with Gasteiger partial charge in [0.05, 0.1) is 6.42 Å². The van der Waals surface area contributed by atoms with Gasteiger partial charge in [-0.25, -0.2) is 4.79 Å². The Balaban J connectivity index is 2.03. The number of carbonyl (C=O) groups excluding carboxylic acids is 2. The molecule has 0 aliphatic heterocycles. The largest absolute Gasteiger partial charge is 0.446 e. The fourth-order valence-electron chi connectivity index (χ4n) is 2.32. The topological polar surface area (TPSA) is 95.4 Å². The monoisotopic (exact) mass is 310 g/mol. The SMILES string of the molecule is NC(=O)CC(CCC#Cc1cccc2ccccc12)OC(N)=O. The van der Waals surface area contributed by atoms with Crippen LogP contribution in [0.25, 0.3) is 10.8 Å². The Morgan fingerprint density at radius 2 is 1.83 bits per heavy atom. The van der Waals surface area contributed by atoms with Gasteiger partial charge in [-0.1, -0.05) is 48.2 Å². The van der Waals surface area contributed by atoms with E-state index in [9.17, 15) is 9.59 Å². The Labute approximate surface area is 134 Å². The molecule has 23 heavy (non-hydrogen) atoms. The van der Waals surface area contributed by atoms with Crippen LogP contribution in [0.1, 0.15) is 24.8 Å². The minimum atomic E-state index is -0.918. The molecule has 0 heterocycles. The number of nitrogens with two attached hydrogens (primary N) is 2. The van der Waals surface area contributed by atoms with E-state index in [1.807, 2.05) is 42.5 Å². The van der Waals surface area contributed by atoms with Crippen LogP contribution in [0.3, 0.4) is 0 Å². The molecular weight excluding hydrogens is 292 g/mol. The van der Waals surface area contributed by atoms with Gasteiger partial charge in [0.25, 0.3) is 0 Å². The van der Waals surface area contributed by atoms with E-state index >= 15 is 0 Å². The van der Waals surface area contributed by atoms with Crippen molar-refractivity contribution in [2.75, 3.05) is 0 Å². The first-order valence-electron chi connectivity index (χ1n) is 7.27. The molecule has 2 amide bonds. The molecule has 2 rings (SSSR count). The summed E-state index contributed by atoms with van der Waals surface area (Å²) in [6.45, 7) is 0. The van der Waals surface area contributed by atoms with Gasteiger partial charge in [-0.15, -0.1) is 0 Å². The summed E-state index contributed by atoms with van der Waals surface area (Å²) < 4.78 is 4.85. The molecule has 4 N–H and O–H groups in total. The number of fused-ring (bicyclic) bond motifs is 1. The first kappa shape index (κ1) is 16.4. The maximum atomic E-state index is 10.9. The highest BCUT2D eigenvalue weighted by molar-refractivity contribution is 5.88. The second kappa shape index (κ2) is 7.85. The van der Waals surface area contributed by atoms with Gasteiger partial charge in [0, 0.05) is 12.0 Å². The summed E-state index contributed by atoms with van der Waals surface area (Å²) in [5, 5.41) is 2.22. The highest BCUT2D eigenvalue weighted by Gasteiger charge is 2.14. The van der Waals surface area contributed by atoms with Crippen molar-refractivity contribution >= 4 is 22.8 Å². The number of ether oxygens (including phenoxy) is 1. The van der Waals surface area contributed by atoms with Gasteiger partial charge in [-0.3, -0.25) is 4.79 Å². The number of benzene rings is 2. The molecular formula is C18H18N2O3. The molecule has 0 radical (unpaired) electrons. The lowest BCUT2D eigenvalue weighted by atomic mass is 10.0. The van der Waals surface area contributed by atoms with Gasteiger partial charge in [0.1, 0.15) is 6.10 Å². The zero-order valence-corrected chi connectivity index (χ0v) is 12.6. The Morgan fingerprint density at radius 3 is 2.57 bits per heavy atom. The van der Waals surface area contributed by atoms with Crippen LogP contribution in [-0.2, 0) is 9.53 Å². The van der Waals surface area contributed by atoms with Gasteiger partial charge in [0.15, 0.2) is 0 Å². The molecule has 1 atom stereocenters. The first-order valence-corrected chi connectivity index (χ1v) is 7.27. The molecule has 0 spiro atoms. The standard InChI is InChI=1S/C18H18N2O3/c19-17(21)12-15(23-18(20)22)10-3-1-6-13-8-5-9-14-7-2-4-11-16(13)14/h2,4-5,7-9,11,15H,3,10,12H2,(H2,19,21)(H2,20,22). The highest BCUT2D eigenvalue weighted by Crippen LogP contribution is 2.17. The van der Waals surface area contributed by atoms with Crippen molar-refractivity contribution in [1.82, 2.24) is 0 Å². The predicted octanol–water partition coefficient (Wildman–Crippen LogP) is 2.31. The fraction of sp³-hybridized carbons (Fsp3) is 0.222. The summed E-state index contributed by atoms with van der Waals surface area (Å²) in [5.41, 5.74) is 11.0. The molecule has 5 nitrogen and oxygen atoms in total. The van der Waals surface area contributed by atoms with Crippen molar-refractivity contribution in [3.8, 4) is 11.8 Å². The number of hydrogen-bond donors (Lipinski definition) is 2. The minimum absolute atomic E-state index is 0.0567. The molecule has 5 heteroatoms. The molecule has 0 saturated carbocycles. The summed E-state index contributed by atoms with van der Waals surface area (Å²) >= 11 is 0. The molecule has 2 aromatic rings. The zero-order chi connectivity index (χ0) is 16.7. The normalized spacial score (nSPS) is 11.3. The van der Waals surface area contributed by atoms with Crippen LogP contribution in [0.5, 0.6) is 0 Å². The summed E-state index contributed by atoms with van der Waals surface area (Å²) in [4.78, 5) is 21.7. The van der Waals surface area contributed by atoms with Gasteiger partial charge >= 0.3 is 6.09 Å². The van der Waals surface area contributed by atoms with E-state index < -0.39 is 18.1 Å². The van der Waals surface area contributed by atoms with Crippen LogP contribution in [0.4, 0.5) is 4.79 Å². The Bertz CT molecular complexity index is 753. The lowest BCUT2D eigenvalue weighted by Crippen LogP contribution is -2.27. The van der Waals surface area contributed by atoms with E-state index in [1.165, 1.54) is 0 Å². The van der Waals surface area contributed by atoms with E-state index in [-0.39, 0.29) is 6.42 Å². The van der Waals surface area contributed by atoms with Crippen LogP contribution in [0.2, 0.25) is 0 Å². The van der Waals surface area contributed by atoms with Crippen molar-refractivity contribution in [3.05, 3.63) is 48.0 Å². The Morgan fingerprint density at radius 1 is 1.09 bits per heavy atom. The van der Waals surface area contributed by atoms with Crippen LogP contribution in [-0.4, -0.2) is 18.1 Å². The van der Waals surface area contributed by atoms with Crippen molar-refractivity contribution in [2.45, 2.75) is 25.4 Å². The summed E-state index contributed by atoms with van der Waals surface area (Å²) in [5.74, 6) is 5.61. The fourth-order valence-corrected chi connectivity index (χ4v) is 2.32. The van der Waals surface area contributed by atoms with Crippen molar-refractivity contribution in [2.24, 2.45) is 11.5 Å². The third kappa shape index (κ3) is 5.04. The third-order valence-corrected chi connectivity index (χ3v) is 3.32. The van der Waals surface area contributed by atoms with Crippen LogP contribution >= 0.6 is 0 Å².